The lowest BCUT2D eigenvalue weighted by Gasteiger charge is -2.31. The van der Waals surface area contributed by atoms with E-state index in [9.17, 15) is 4.79 Å². The SMILES string of the molecule is CC(C)C1(C(=O)NCc2cc[nH]c2)CCNC1. The predicted molar refractivity (Wildman–Crippen MR) is 67.4 cm³/mol. The zero-order valence-electron chi connectivity index (χ0n) is 10.5. The van der Waals surface area contributed by atoms with Gasteiger partial charge in [0.2, 0.25) is 5.91 Å². The van der Waals surface area contributed by atoms with Gasteiger partial charge in [0.25, 0.3) is 0 Å². The minimum absolute atomic E-state index is 0.179. The van der Waals surface area contributed by atoms with Crippen LogP contribution in [0.3, 0.4) is 0 Å². The Bertz CT molecular complexity index is 364. The highest BCUT2D eigenvalue weighted by Gasteiger charge is 2.43. The highest BCUT2D eigenvalue weighted by atomic mass is 16.2. The Kier molecular flexibility index (Phi) is 3.52. The van der Waals surface area contributed by atoms with E-state index in [1.165, 1.54) is 0 Å². The standard InChI is InChI=1S/C13H21N3O/c1-10(2)13(4-6-15-9-13)12(17)16-8-11-3-5-14-7-11/h3,5,7,10,14-15H,4,6,8-9H2,1-2H3,(H,16,17). The summed E-state index contributed by atoms with van der Waals surface area (Å²) in [6.45, 7) is 6.60. The Morgan fingerprint density at radius 1 is 1.59 bits per heavy atom. The number of aromatic nitrogens is 1. The number of hydrogen-bond acceptors (Lipinski definition) is 2. The molecule has 1 atom stereocenters. The van der Waals surface area contributed by atoms with Crippen molar-refractivity contribution in [3.63, 3.8) is 0 Å². The second-order valence-corrected chi connectivity index (χ2v) is 5.14. The molecule has 0 bridgehead atoms. The van der Waals surface area contributed by atoms with E-state index in [0.29, 0.717) is 12.5 Å². The van der Waals surface area contributed by atoms with Gasteiger partial charge in [-0.05, 0) is 30.5 Å². The zero-order valence-corrected chi connectivity index (χ0v) is 10.5. The Morgan fingerprint density at radius 2 is 2.41 bits per heavy atom. The fraction of sp³-hybridized carbons (Fsp3) is 0.615. The number of nitrogens with one attached hydrogen (secondary N) is 3. The van der Waals surface area contributed by atoms with E-state index in [4.69, 9.17) is 0 Å². The average molecular weight is 235 g/mol. The summed E-state index contributed by atoms with van der Waals surface area (Å²) in [6, 6.07) is 1.98. The highest BCUT2D eigenvalue weighted by molar-refractivity contribution is 5.83. The van der Waals surface area contributed by atoms with Crippen molar-refractivity contribution in [2.75, 3.05) is 13.1 Å². The molecular formula is C13H21N3O. The van der Waals surface area contributed by atoms with Crippen LogP contribution in [0.5, 0.6) is 0 Å². The molecule has 0 aromatic carbocycles. The topological polar surface area (TPSA) is 56.9 Å². The monoisotopic (exact) mass is 235 g/mol. The molecule has 1 fully saturated rings. The molecule has 1 aromatic heterocycles. The Labute approximate surface area is 102 Å². The van der Waals surface area contributed by atoms with Crippen molar-refractivity contribution in [2.45, 2.75) is 26.8 Å². The lowest BCUT2D eigenvalue weighted by molar-refractivity contribution is -0.132. The summed E-state index contributed by atoms with van der Waals surface area (Å²) in [4.78, 5) is 15.3. The molecular weight excluding hydrogens is 214 g/mol. The highest BCUT2D eigenvalue weighted by Crippen LogP contribution is 2.34. The van der Waals surface area contributed by atoms with Crippen molar-refractivity contribution < 1.29 is 4.79 Å². The van der Waals surface area contributed by atoms with Crippen molar-refractivity contribution in [2.24, 2.45) is 11.3 Å². The van der Waals surface area contributed by atoms with E-state index in [0.717, 1.165) is 25.1 Å². The van der Waals surface area contributed by atoms with E-state index in [1.54, 1.807) is 0 Å². The normalized spacial score (nSPS) is 24.2. The molecule has 1 aliphatic rings. The van der Waals surface area contributed by atoms with Gasteiger partial charge < -0.3 is 15.6 Å². The molecule has 0 radical (unpaired) electrons. The first-order valence-electron chi connectivity index (χ1n) is 6.26. The molecule has 1 aromatic rings. The van der Waals surface area contributed by atoms with Crippen LogP contribution in [-0.4, -0.2) is 24.0 Å². The van der Waals surface area contributed by atoms with Crippen LogP contribution in [0.4, 0.5) is 0 Å². The van der Waals surface area contributed by atoms with Gasteiger partial charge in [-0.25, -0.2) is 0 Å². The third-order valence-electron chi connectivity index (χ3n) is 3.86. The van der Waals surface area contributed by atoms with Crippen molar-refractivity contribution in [3.05, 3.63) is 24.0 Å². The van der Waals surface area contributed by atoms with Crippen LogP contribution in [-0.2, 0) is 11.3 Å². The van der Waals surface area contributed by atoms with Crippen LogP contribution in [0, 0.1) is 11.3 Å². The average Bonchev–Trinajstić information content (AvgIpc) is 2.97. The van der Waals surface area contributed by atoms with Crippen LogP contribution in [0.1, 0.15) is 25.8 Å². The summed E-state index contributed by atoms with van der Waals surface area (Å²) < 4.78 is 0. The van der Waals surface area contributed by atoms with E-state index in [2.05, 4.69) is 29.5 Å². The molecule has 94 valence electrons. The summed E-state index contributed by atoms with van der Waals surface area (Å²) in [5.41, 5.74) is 0.888. The molecule has 2 rings (SSSR count). The van der Waals surface area contributed by atoms with Gasteiger partial charge in [-0.2, -0.15) is 0 Å². The molecule has 1 aliphatic heterocycles. The van der Waals surface area contributed by atoms with E-state index >= 15 is 0 Å². The van der Waals surface area contributed by atoms with Gasteiger partial charge in [0.1, 0.15) is 0 Å². The molecule has 1 unspecified atom stereocenters. The zero-order chi connectivity index (χ0) is 12.3. The Morgan fingerprint density at radius 3 is 2.94 bits per heavy atom. The summed E-state index contributed by atoms with van der Waals surface area (Å²) in [5.74, 6) is 0.544. The van der Waals surface area contributed by atoms with Crippen LogP contribution in [0.25, 0.3) is 0 Å². The molecule has 17 heavy (non-hydrogen) atoms. The molecule has 0 spiro atoms. The first-order chi connectivity index (χ1) is 8.15. The molecule has 0 saturated carbocycles. The minimum Gasteiger partial charge on any atom is -0.367 e. The summed E-state index contributed by atoms with van der Waals surface area (Å²) in [7, 11) is 0. The van der Waals surface area contributed by atoms with Gasteiger partial charge in [0.15, 0.2) is 0 Å². The van der Waals surface area contributed by atoms with Gasteiger partial charge >= 0.3 is 0 Å². The maximum absolute atomic E-state index is 12.3. The first kappa shape index (κ1) is 12.2. The quantitative estimate of drug-likeness (QED) is 0.736. The number of aromatic amines is 1. The largest absolute Gasteiger partial charge is 0.367 e. The number of H-pyrrole nitrogens is 1. The lowest BCUT2D eigenvalue weighted by Crippen LogP contribution is -2.45. The number of hydrogen-bond donors (Lipinski definition) is 3. The van der Waals surface area contributed by atoms with Crippen LogP contribution < -0.4 is 10.6 Å². The summed E-state index contributed by atoms with van der Waals surface area (Å²) >= 11 is 0. The lowest BCUT2D eigenvalue weighted by atomic mass is 9.75. The number of carbonyl (C=O) groups excluding carboxylic acids is 1. The van der Waals surface area contributed by atoms with Crippen molar-refractivity contribution >= 4 is 5.91 Å². The fourth-order valence-corrected chi connectivity index (χ4v) is 2.49. The second-order valence-electron chi connectivity index (χ2n) is 5.14. The van der Waals surface area contributed by atoms with Crippen molar-refractivity contribution in [3.8, 4) is 0 Å². The first-order valence-corrected chi connectivity index (χ1v) is 6.26. The van der Waals surface area contributed by atoms with Crippen LogP contribution in [0.2, 0.25) is 0 Å². The molecule has 1 saturated heterocycles. The predicted octanol–water partition coefficient (Wildman–Crippen LogP) is 1.27. The van der Waals surface area contributed by atoms with Crippen LogP contribution >= 0.6 is 0 Å². The van der Waals surface area contributed by atoms with Crippen molar-refractivity contribution in [1.29, 1.82) is 0 Å². The van der Waals surface area contributed by atoms with Gasteiger partial charge in [-0.1, -0.05) is 13.8 Å². The second kappa shape index (κ2) is 4.92. The number of amides is 1. The molecule has 1 amide bonds. The molecule has 3 N–H and O–H groups in total. The smallest absolute Gasteiger partial charge is 0.228 e. The van der Waals surface area contributed by atoms with Gasteiger partial charge in [-0.15, -0.1) is 0 Å². The van der Waals surface area contributed by atoms with Crippen molar-refractivity contribution in [1.82, 2.24) is 15.6 Å². The third kappa shape index (κ3) is 2.36. The summed E-state index contributed by atoms with van der Waals surface area (Å²) in [6.07, 6.45) is 4.72. The molecule has 4 nitrogen and oxygen atoms in total. The maximum atomic E-state index is 12.3. The van der Waals surface area contributed by atoms with E-state index < -0.39 is 0 Å². The van der Waals surface area contributed by atoms with E-state index in [-0.39, 0.29) is 11.3 Å². The van der Waals surface area contributed by atoms with Gasteiger partial charge in [-0.3, -0.25) is 4.79 Å². The van der Waals surface area contributed by atoms with Crippen LogP contribution in [0.15, 0.2) is 18.5 Å². The van der Waals surface area contributed by atoms with E-state index in [1.807, 2.05) is 18.5 Å². The van der Waals surface area contributed by atoms with Gasteiger partial charge in [0, 0.05) is 25.5 Å². The van der Waals surface area contributed by atoms with Gasteiger partial charge in [0.05, 0.1) is 5.41 Å². The number of rotatable bonds is 4. The fourth-order valence-electron chi connectivity index (χ4n) is 2.49. The maximum Gasteiger partial charge on any atom is 0.228 e. The summed E-state index contributed by atoms with van der Waals surface area (Å²) in [5, 5.41) is 6.35. The molecule has 0 aliphatic carbocycles. The minimum atomic E-state index is -0.226. The third-order valence-corrected chi connectivity index (χ3v) is 3.86. The Hall–Kier alpha value is -1.29. The Balaban J connectivity index is 1.98. The number of carbonyl (C=O) groups is 1. The molecule has 4 heteroatoms. The molecule has 2 heterocycles.